The molecule has 90 valence electrons. The average Bonchev–Trinajstić information content (AvgIpc) is 2.70. The number of pyridine rings is 1. The van der Waals surface area contributed by atoms with Crippen molar-refractivity contribution in [3.8, 4) is 0 Å². The third kappa shape index (κ3) is 1.72. The summed E-state index contributed by atoms with van der Waals surface area (Å²) in [4.78, 5) is 8.92. The number of hydrogen-bond donors (Lipinski definition) is 1. The molecule has 0 amide bonds. The summed E-state index contributed by atoms with van der Waals surface area (Å²) >= 11 is 0. The molecule has 3 rings (SSSR count). The van der Waals surface area contributed by atoms with Crippen molar-refractivity contribution in [1.29, 1.82) is 0 Å². The predicted octanol–water partition coefficient (Wildman–Crippen LogP) is 2.14. The number of imidazole rings is 1. The van der Waals surface area contributed by atoms with E-state index in [-0.39, 0.29) is 0 Å². The second-order valence-corrected chi connectivity index (χ2v) is 4.29. The maximum absolute atomic E-state index is 5.91. The van der Waals surface area contributed by atoms with Gasteiger partial charge in [-0.25, -0.2) is 4.98 Å². The largest absolute Gasteiger partial charge is 0.397 e. The lowest BCUT2D eigenvalue weighted by atomic mass is 10.2. The lowest BCUT2D eigenvalue weighted by molar-refractivity contribution is 0.833. The number of nitrogen functional groups attached to an aromatic ring is 1. The molecular weight excluding hydrogens is 224 g/mol. The number of anilines is 1. The van der Waals surface area contributed by atoms with Crippen molar-refractivity contribution in [2.45, 2.75) is 6.42 Å². The van der Waals surface area contributed by atoms with Gasteiger partial charge in [0, 0.05) is 13.2 Å². The van der Waals surface area contributed by atoms with Crippen LogP contribution in [-0.4, -0.2) is 14.5 Å². The molecule has 0 aliphatic heterocycles. The number of nitrogens with two attached hydrogens (primary N) is 1. The topological polar surface area (TPSA) is 56.7 Å². The van der Waals surface area contributed by atoms with E-state index in [1.807, 2.05) is 37.4 Å². The van der Waals surface area contributed by atoms with Gasteiger partial charge < -0.3 is 10.3 Å². The van der Waals surface area contributed by atoms with Gasteiger partial charge in [0.25, 0.3) is 0 Å². The number of para-hydroxylation sites is 2. The van der Waals surface area contributed by atoms with Gasteiger partial charge in [-0.1, -0.05) is 12.1 Å². The van der Waals surface area contributed by atoms with Crippen molar-refractivity contribution in [3.63, 3.8) is 0 Å². The van der Waals surface area contributed by atoms with Crippen molar-refractivity contribution < 1.29 is 0 Å². The molecule has 2 heterocycles. The zero-order valence-electron chi connectivity index (χ0n) is 10.2. The van der Waals surface area contributed by atoms with E-state index in [1.54, 1.807) is 6.20 Å². The Balaban J connectivity index is 2.06. The first-order valence-corrected chi connectivity index (χ1v) is 5.85. The Bertz CT molecular complexity index is 700. The number of aryl methyl sites for hydroxylation is 1. The SMILES string of the molecule is Cn1c(Cc2ncccc2N)nc2ccccc21. The third-order valence-corrected chi connectivity index (χ3v) is 3.13. The van der Waals surface area contributed by atoms with Crippen LogP contribution < -0.4 is 5.73 Å². The highest BCUT2D eigenvalue weighted by Crippen LogP contribution is 2.18. The fraction of sp³-hybridized carbons (Fsp3) is 0.143. The van der Waals surface area contributed by atoms with E-state index in [0.29, 0.717) is 12.1 Å². The summed E-state index contributed by atoms with van der Waals surface area (Å²) in [5.41, 5.74) is 9.63. The Morgan fingerprint density at radius 2 is 2.00 bits per heavy atom. The van der Waals surface area contributed by atoms with Crippen LogP contribution in [0.15, 0.2) is 42.6 Å². The van der Waals surface area contributed by atoms with Gasteiger partial charge in [0.2, 0.25) is 0 Å². The Kier molecular flexibility index (Phi) is 2.48. The molecule has 0 spiro atoms. The van der Waals surface area contributed by atoms with Crippen LogP contribution in [0.1, 0.15) is 11.5 Å². The third-order valence-electron chi connectivity index (χ3n) is 3.13. The summed E-state index contributed by atoms with van der Waals surface area (Å²) in [6.45, 7) is 0. The molecule has 2 N–H and O–H groups in total. The van der Waals surface area contributed by atoms with E-state index < -0.39 is 0 Å². The molecule has 0 saturated carbocycles. The Morgan fingerprint density at radius 3 is 2.78 bits per heavy atom. The molecular formula is C14H14N4. The predicted molar refractivity (Wildman–Crippen MR) is 72.2 cm³/mol. The monoisotopic (exact) mass is 238 g/mol. The molecule has 4 heteroatoms. The lowest BCUT2D eigenvalue weighted by Crippen LogP contribution is -2.03. The molecule has 0 aliphatic rings. The first kappa shape index (κ1) is 10.8. The second-order valence-electron chi connectivity index (χ2n) is 4.29. The molecule has 0 unspecified atom stereocenters. The second kappa shape index (κ2) is 4.14. The molecule has 0 atom stereocenters. The number of aromatic nitrogens is 3. The van der Waals surface area contributed by atoms with E-state index in [0.717, 1.165) is 22.6 Å². The highest BCUT2D eigenvalue weighted by molar-refractivity contribution is 5.75. The molecule has 3 aromatic rings. The van der Waals surface area contributed by atoms with Crippen LogP contribution in [0, 0.1) is 0 Å². The van der Waals surface area contributed by atoms with E-state index in [9.17, 15) is 0 Å². The fourth-order valence-corrected chi connectivity index (χ4v) is 2.10. The smallest absolute Gasteiger partial charge is 0.115 e. The van der Waals surface area contributed by atoms with Gasteiger partial charge in [-0.2, -0.15) is 0 Å². The van der Waals surface area contributed by atoms with Gasteiger partial charge in [0.05, 0.1) is 28.8 Å². The Hall–Kier alpha value is -2.36. The summed E-state index contributed by atoms with van der Waals surface area (Å²) < 4.78 is 2.09. The summed E-state index contributed by atoms with van der Waals surface area (Å²) in [7, 11) is 2.02. The number of nitrogens with zero attached hydrogens (tertiary/aromatic N) is 3. The van der Waals surface area contributed by atoms with Crippen LogP contribution in [0.5, 0.6) is 0 Å². The summed E-state index contributed by atoms with van der Waals surface area (Å²) in [5, 5.41) is 0. The van der Waals surface area contributed by atoms with Crippen molar-refractivity contribution in [3.05, 3.63) is 54.1 Å². The molecule has 0 radical (unpaired) electrons. The first-order chi connectivity index (χ1) is 8.75. The van der Waals surface area contributed by atoms with E-state index >= 15 is 0 Å². The standard InChI is InChI=1S/C14H14N4/c1-18-13-7-3-2-6-11(13)17-14(18)9-12-10(15)5-4-8-16-12/h2-8H,9,15H2,1H3. The number of hydrogen-bond acceptors (Lipinski definition) is 3. The summed E-state index contributed by atoms with van der Waals surface area (Å²) in [6, 6.07) is 11.8. The van der Waals surface area contributed by atoms with Crippen LogP contribution in [0.25, 0.3) is 11.0 Å². The highest BCUT2D eigenvalue weighted by Gasteiger charge is 2.09. The minimum absolute atomic E-state index is 0.651. The van der Waals surface area contributed by atoms with Gasteiger partial charge in [0.15, 0.2) is 0 Å². The Labute approximate surface area is 105 Å². The minimum atomic E-state index is 0.651. The van der Waals surface area contributed by atoms with Gasteiger partial charge >= 0.3 is 0 Å². The van der Waals surface area contributed by atoms with Crippen molar-refractivity contribution in [1.82, 2.24) is 14.5 Å². The average molecular weight is 238 g/mol. The summed E-state index contributed by atoms with van der Waals surface area (Å²) in [5.74, 6) is 0.974. The molecule has 0 saturated heterocycles. The zero-order valence-corrected chi connectivity index (χ0v) is 10.2. The van der Waals surface area contributed by atoms with E-state index in [2.05, 4.69) is 20.6 Å². The molecule has 0 fully saturated rings. The van der Waals surface area contributed by atoms with Crippen molar-refractivity contribution >= 4 is 16.7 Å². The maximum Gasteiger partial charge on any atom is 0.115 e. The molecule has 18 heavy (non-hydrogen) atoms. The van der Waals surface area contributed by atoms with Crippen LogP contribution in [-0.2, 0) is 13.5 Å². The van der Waals surface area contributed by atoms with Crippen molar-refractivity contribution in [2.75, 3.05) is 5.73 Å². The number of fused-ring (bicyclic) bond motifs is 1. The van der Waals surface area contributed by atoms with E-state index in [4.69, 9.17) is 5.73 Å². The maximum atomic E-state index is 5.91. The quantitative estimate of drug-likeness (QED) is 0.744. The van der Waals surface area contributed by atoms with Gasteiger partial charge in [-0.15, -0.1) is 0 Å². The molecule has 0 aliphatic carbocycles. The molecule has 4 nitrogen and oxygen atoms in total. The normalized spacial score (nSPS) is 10.9. The highest BCUT2D eigenvalue weighted by atomic mass is 15.1. The zero-order chi connectivity index (χ0) is 12.5. The molecule has 2 aromatic heterocycles. The van der Waals surface area contributed by atoms with Gasteiger partial charge in [-0.05, 0) is 24.3 Å². The van der Waals surface area contributed by atoms with Crippen LogP contribution in [0.4, 0.5) is 5.69 Å². The molecule has 0 bridgehead atoms. The van der Waals surface area contributed by atoms with Crippen molar-refractivity contribution in [2.24, 2.45) is 7.05 Å². The lowest BCUT2D eigenvalue weighted by Gasteiger charge is -2.04. The van der Waals surface area contributed by atoms with Gasteiger partial charge in [-0.3, -0.25) is 4.98 Å². The minimum Gasteiger partial charge on any atom is -0.397 e. The number of benzene rings is 1. The first-order valence-electron chi connectivity index (χ1n) is 5.85. The fourth-order valence-electron chi connectivity index (χ4n) is 2.10. The Morgan fingerprint density at radius 1 is 1.17 bits per heavy atom. The number of rotatable bonds is 2. The molecule has 1 aromatic carbocycles. The van der Waals surface area contributed by atoms with Gasteiger partial charge in [0.1, 0.15) is 5.82 Å². The van der Waals surface area contributed by atoms with Crippen LogP contribution >= 0.6 is 0 Å². The van der Waals surface area contributed by atoms with E-state index in [1.165, 1.54) is 0 Å². The van der Waals surface area contributed by atoms with Crippen LogP contribution in [0.3, 0.4) is 0 Å². The summed E-state index contributed by atoms with van der Waals surface area (Å²) in [6.07, 6.45) is 2.41. The van der Waals surface area contributed by atoms with Crippen LogP contribution in [0.2, 0.25) is 0 Å².